The summed E-state index contributed by atoms with van der Waals surface area (Å²) >= 11 is 0. The Morgan fingerprint density at radius 1 is 1.38 bits per heavy atom. The normalized spacial score (nSPS) is 9.62. The molecule has 0 aromatic heterocycles. The fourth-order valence-electron chi connectivity index (χ4n) is 0.938. The van der Waals surface area contributed by atoms with Gasteiger partial charge in [-0.15, -0.1) is 0 Å². The Morgan fingerprint density at radius 2 is 2.08 bits per heavy atom. The van der Waals surface area contributed by atoms with Crippen LogP contribution in [-0.4, -0.2) is 13.7 Å². The van der Waals surface area contributed by atoms with Gasteiger partial charge in [-0.3, -0.25) is 0 Å². The summed E-state index contributed by atoms with van der Waals surface area (Å²) in [6.45, 7) is 4.97. The summed E-state index contributed by atoms with van der Waals surface area (Å²) in [4.78, 5) is 0. The zero-order valence-electron chi connectivity index (χ0n) is 7.92. The van der Waals surface area contributed by atoms with Gasteiger partial charge in [-0.1, -0.05) is 36.9 Å². The molecule has 2 heteroatoms. The Labute approximate surface area is 79.2 Å². The molecule has 0 radical (unpaired) electrons. The second-order valence-corrected chi connectivity index (χ2v) is 2.83. The van der Waals surface area contributed by atoms with Gasteiger partial charge in [0, 0.05) is 12.7 Å². The molecular weight excluding hydrogens is 162 g/mol. The Kier molecular flexibility index (Phi) is 4.06. The highest BCUT2D eigenvalue weighted by Crippen LogP contribution is 2.00. The van der Waals surface area contributed by atoms with Crippen LogP contribution in [0.2, 0.25) is 0 Å². The molecule has 0 aliphatic rings. The maximum Gasteiger partial charge on any atom is 0.0860 e. The number of nitrogens with one attached hydrogen (secondary N) is 1. The summed E-state index contributed by atoms with van der Waals surface area (Å²) in [6.07, 6.45) is 0. The number of hydrogen-bond donors (Lipinski definition) is 1. The zero-order valence-corrected chi connectivity index (χ0v) is 7.92. The van der Waals surface area contributed by atoms with Crippen LogP contribution in [0.15, 0.2) is 42.6 Å². The summed E-state index contributed by atoms with van der Waals surface area (Å²) < 4.78 is 5.41. The fraction of sp³-hybridized carbons (Fsp3) is 0.273. The molecular formula is C11H15NO. The van der Waals surface area contributed by atoms with Gasteiger partial charge >= 0.3 is 0 Å². The van der Waals surface area contributed by atoms with Crippen LogP contribution in [0, 0.1) is 0 Å². The number of benzene rings is 1. The largest absolute Gasteiger partial charge is 0.390 e. The first-order chi connectivity index (χ1) is 6.33. The standard InChI is InChI=1S/C11H15NO/c1-10(12-2)8-13-9-11-6-4-3-5-7-11/h3-7,12H,1,8-9H2,2H3. The second-order valence-electron chi connectivity index (χ2n) is 2.83. The third-order valence-electron chi connectivity index (χ3n) is 1.74. The first kappa shape index (κ1) is 9.81. The molecule has 0 aliphatic heterocycles. The minimum atomic E-state index is 0.561. The molecule has 0 saturated carbocycles. The molecule has 0 unspecified atom stereocenters. The van der Waals surface area contributed by atoms with Gasteiger partial charge in [-0.25, -0.2) is 0 Å². The number of ether oxygens (including phenoxy) is 1. The Bertz CT molecular complexity index is 256. The van der Waals surface area contributed by atoms with Crippen LogP contribution in [0.25, 0.3) is 0 Å². The van der Waals surface area contributed by atoms with Gasteiger partial charge in [0.1, 0.15) is 0 Å². The maximum atomic E-state index is 5.41. The molecule has 0 bridgehead atoms. The molecule has 13 heavy (non-hydrogen) atoms. The van der Waals surface area contributed by atoms with Gasteiger partial charge in [0.05, 0.1) is 13.2 Å². The van der Waals surface area contributed by atoms with Crippen molar-refractivity contribution in [2.75, 3.05) is 13.7 Å². The van der Waals surface area contributed by atoms with Crippen molar-refractivity contribution in [3.8, 4) is 0 Å². The summed E-state index contributed by atoms with van der Waals surface area (Å²) in [5, 5.41) is 2.93. The van der Waals surface area contributed by atoms with Gasteiger partial charge in [0.2, 0.25) is 0 Å². The van der Waals surface area contributed by atoms with Crippen molar-refractivity contribution < 1.29 is 4.74 Å². The fourth-order valence-corrected chi connectivity index (χ4v) is 0.938. The van der Waals surface area contributed by atoms with E-state index in [1.807, 2.05) is 37.4 Å². The van der Waals surface area contributed by atoms with Crippen molar-refractivity contribution in [1.29, 1.82) is 0 Å². The van der Waals surface area contributed by atoms with Crippen molar-refractivity contribution >= 4 is 0 Å². The van der Waals surface area contributed by atoms with E-state index in [-0.39, 0.29) is 0 Å². The van der Waals surface area contributed by atoms with Crippen LogP contribution in [0.1, 0.15) is 5.56 Å². The molecule has 0 atom stereocenters. The van der Waals surface area contributed by atoms with E-state index in [0.717, 1.165) is 5.70 Å². The molecule has 70 valence electrons. The van der Waals surface area contributed by atoms with Crippen LogP contribution in [0.5, 0.6) is 0 Å². The molecule has 0 aliphatic carbocycles. The SMILES string of the molecule is C=C(COCc1ccccc1)NC. The van der Waals surface area contributed by atoms with Crippen LogP contribution in [0.4, 0.5) is 0 Å². The monoisotopic (exact) mass is 177 g/mol. The third-order valence-corrected chi connectivity index (χ3v) is 1.74. The molecule has 1 rings (SSSR count). The van der Waals surface area contributed by atoms with E-state index in [2.05, 4.69) is 11.9 Å². The lowest BCUT2D eigenvalue weighted by Crippen LogP contribution is -2.10. The van der Waals surface area contributed by atoms with Gasteiger partial charge in [0.25, 0.3) is 0 Å². The topological polar surface area (TPSA) is 21.3 Å². The highest BCUT2D eigenvalue weighted by atomic mass is 16.5. The number of likely N-dealkylation sites (N-methyl/N-ethyl adjacent to an activating group) is 1. The first-order valence-corrected chi connectivity index (χ1v) is 4.30. The van der Waals surface area contributed by atoms with Crippen molar-refractivity contribution in [2.24, 2.45) is 0 Å². The molecule has 0 heterocycles. The van der Waals surface area contributed by atoms with Gasteiger partial charge in [-0.05, 0) is 5.56 Å². The second kappa shape index (κ2) is 5.38. The average molecular weight is 177 g/mol. The van der Waals surface area contributed by atoms with Crippen molar-refractivity contribution in [3.05, 3.63) is 48.2 Å². The molecule has 1 aromatic rings. The Morgan fingerprint density at radius 3 is 2.69 bits per heavy atom. The number of rotatable bonds is 5. The van der Waals surface area contributed by atoms with E-state index in [1.165, 1.54) is 5.56 Å². The lowest BCUT2D eigenvalue weighted by Gasteiger charge is -2.05. The summed E-state index contributed by atoms with van der Waals surface area (Å²) in [6, 6.07) is 10.1. The van der Waals surface area contributed by atoms with Crippen LogP contribution in [0.3, 0.4) is 0 Å². The summed E-state index contributed by atoms with van der Waals surface area (Å²) in [7, 11) is 1.84. The Balaban J connectivity index is 2.24. The van der Waals surface area contributed by atoms with Crippen molar-refractivity contribution in [2.45, 2.75) is 6.61 Å². The third kappa shape index (κ3) is 3.76. The van der Waals surface area contributed by atoms with E-state index in [9.17, 15) is 0 Å². The molecule has 1 N–H and O–H groups in total. The van der Waals surface area contributed by atoms with Crippen LogP contribution in [-0.2, 0) is 11.3 Å². The predicted molar refractivity (Wildman–Crippen MR) is 54.3 cm³/mol. The minimum absolute atomic E-state index is 0.561. The van der Waals surface area contributed by atoms with E-state index in [4.69, 9.17) is 4.74 Å². The average Bonchev–Trinajstić information content (AvgIpc) is 2.19. The predicted octanol–water partition coefficient (Wildman–Crippen LogP) is 1.94. The lowest BCUT2D eigenvalue weighted by atomic mass is 10.2. The first-order valence-electron chi connectivity index (χ1n) is 4.30. The van der Waals surface area contributed by atoms with Crippen molar-refractivity contribution in [3.63, 3.8) is 0 Å². The Hall–Kier alpha value is -1.28. The van der Waals surface area contributed by atoms with E-state index >= 15 is 0 Å². The summed E-state index contributed by atoms with van der Waals surface area (Å²) in [5.41, 5.74) is 2.09. The van der Waals surface area contributed by atoms with Gasteiger partial charge < -0.3 is 10.1 Å². The summed E-state index contributed by atoms with van der Waals surface area (Å²) in [5.74, 6) is 0. The lowest BCUT2D eigenvalue weighted by molar-refractivity contribution is 0.139. The quantitative estimate of drug-likeness (QED) is 0.742. The molecule has 0 amide bonds. The zero-order chi connectivity index (χ0) is 9.52. The molecule has 0 spiro atoms. The minimum Gasteiger partial charge on any atom is -0.390 e. The van der Waals surface area contributed by atoms with Gasteiger partial charge in [0.15, 0.2) is 0 Å². The smallest absolute Gasteiger partial charge is 0.0860 e. The van der Waals surface area contributed by atoms with E-state index in [0.29, 0.717) is 13.2 Å². The van der Waals surface area contributed by atoms with Crippen molar-refractivity contribution in [1.82, 2.24) is 5.32 Å². The highest BCUT2D eigenvalue weighted by molar-refractivity contribution is 5.13. The molecule has 0 fully saturated rings. The van der Waals surface area contributed by atoms with Crippen LogP contribution >= 0.6 is 0 Å². The number of hydrogen-bond acceptors (Lipinski definition) is 2. The highest BCUT2D eigenvalue weighted by Gasteiger charge is 1.92. The van der Waals surface area contributed by atoms with Gasteiger partial charge in [-0.2, -0.15) is 0 Å². The molecule has 1 aromatic carbocycles. The van der Waals surface area contributed by atoms with E-state index < -0.39 is 0 Å². The van der Waals surface area contributed by atoms with E-state index in [1.54, 1.807) is 0 Å². The molecule has 2 nitrogen and oxygen atoms in total. The van der Waals surface area contributed by atoms with Crippen LogP contribution < -0.4 is 5.32 Å². The maximum absolute atomic E-state index is 5.41. The molecule has 0 saturated heterocycles.